The molecule has 2 fully saturated rings. The second-order valence-corrected chi connectivity index (χ2v) is 11.4. The molecule has 5 heterocycles. The Morgan fingerprint density at radius 1 is 0.977 bits per heavy atom. The lowest BCUT2D eigenvalue weighted by Gasteiger charge is -2.29. The van der Waals surface area contributed by atoms with Gasteiger partial charge in [0.05, 0.1) is 17.6 Å². The SMILES string of the molecule is CC(F)(F)F.Fc1c(NSN2CCCC2)cc(Cl)cc1-c1cn(-c2ccc(N3CCNCC3)cn2)nc1-c1ccncc1. The number of rotatable bonds is 7. The van der Waals surface area contributed by atoms with E-state index in [-0.39, 0.29) is 12.7 Å². The van der Waals surface area contributed by atoms with Gasteiger partial charge in [0.25, 0.3) is 0 Å². The van der Waals surface area contributed by atoms with Crippen molar-refractivity contribution in [2.75, 3.05) is 48.9 Å². The Kier molecular flexibility index (Phi) is 10.1. The molecule has 8 nitrogen and oxygen atoms in total. The highest BCUT2D eigenvalue weighted by molar-refractivity contribution is 7.98. The fourth-order valence-electron chi connectivity index (χ4n) is 4.79. The molecule has 0 radical (unpaired) electrons. The lowest BCUT2D eigenvalue weighted by Crippen LogP contribution is -2.43. The third kappa shape index (κ3) is 8.37. The van der Waals surface area contributed by atoms with Crippen LogP contribution in [0.4, 0.5) is 28.9 Å². The fourth-order valence-corrected chi connectivity index (χ4v) is 5.82. The highest BCUT2D eigenvalue weighted by Crippen LogP contribution is 2.38. The molecule has 0 amide bonds. The van der Waals surface area contributed by atoms with E-state index in [0.717, 1.165) is 63.4 Å². The summed E-state index contributed by atoms with van der Waals surface area (Å²) in [6.45, 7) is 5.95. The molecule has 2 saturated heterocycles. The summed E-state index contributed by atoms with van der Waals surface area (Å²) >= 11 is 7.91. The molecule has 2 aliphatic heterocycles. The highest BCUT2D eigenvalue weighted by Gasteiger charge is 2.22. The number of hydrogen-bond donors (Lipinski definition) is 2. The second-order valence-electron chi connectivity index (χ2n) is 10.1. The van der Waals surface area contributed by atoms with Gasteiger partial charge in [-0.3, -0.25) is 4.98 Å². The predicted molar refractivity (Wildman–Crippen MR) is 164 cm³/mol. The zero-order valence-electron chi connectivity index (χ0n) is 23.4. The molecular formula is C29H31ClF4N8S. The Balaban J connectivity index is 0.000000682. The van der Waals surface area contributed by atoms with E-state index in [4.69, 9.17) is 16.7 Å². The van der Waals surface area contributed by atoms with Crippen molar-refractivity contribution in [3.63, 3.8) is 0 Å². The number of hydrogen-bond acceptors (Lipinski definition) is 8. The van der Waals surface area contributed by atoms with Crippen LogP contribution in [-0.2, 0) is 0 Å². The fraction of sp³-hybridized carbons (Fsp3) is 0.345. The average molecular weight is 635 g/mol. The summed E-state index contributed by atoms with van der Waals surface area (Å²) in [7, 11) is 0. The molecule has 0 unspecified atom stereocenters. The molecule has 4 aromatic rings. The number of aromatic nitrogens is 4. The number of nitrogens with zero attached hydrogens (tertiary/aromatic N) is 6. The molecule has 3 aromatic heterocycles. The molecule has 0 aliphatic carbocycles. The number of anilines is 2. The molecule has 0 bridgehead atoms. The predicted octanol–water partition coefficient (Wildman–Crippen LogP) is 6.84. The van der Waals surface area contributed by atoms with Crippen LogP contribution in [0.15, 0.2) is 61.2 Å². The van der Waals surface area contributed by atoms with Gasteiger partial charge in [0, 0.05) is 98.6 Å². The lowest BCUT2D eigenvalue weighted by atomic mass is 10.0. The monoisotopic (exact) mass is 634 g/mol. The maximum absolute atomic E-state index is 15.9. The molecule has 0 atom stereocenters. The summed E-state index contributed by atoms with van der Waals surface area (Å²) in [6, 6.07) is 11.0. The Morgan fingerprint density at radius 3 is 2.33 bits per heavy atom. The van der Waals surface area contributed by atoms with Crippen LogP contribution < -0.4 is 14.9 Å². The van der Waals surface area contributed by atoms with Gasteiger partial charge >= 0.3 is 6.18 Å². The summed E-state index contributed by atoms with van der Waals surface area (Å²) in [4.78, 5) is 11.1. The van der Waals surface area contributed by atoms with Gasteiger partial charge in [-0.2, -0.15) is 18.3 Å². The van der Waals surface area contributed by atoms with Gasteiger partial charge in [-0.15, -0.1) is 0 Å². The Bertz CT molecular complexity index is 1480. The van der Waals surface area contributed by atoms with Crippen molar-refractivity contribution in [2.24, 2.45) is 0 Å². The van der Waals surface area contributed by atoms with Crippen LogP contribution in [-0.4, -0.2) is 69.5 Å². The Hall–Kier alpha value is -3.39. The van der Waals surface area contributed by atoms with E-state index >= 15 is 4.39 Å². The van der Waals surface area contributed by atoms with Gasteiger partial charge in [-0.1, -0.05) is 11.6 Å². The first-order valence-corrected chi connectivity index (χ1v) is 15.0. The molecule has 228 valence electrons. The van der Waals surface area contributed by atoms with Crippen molar-refractivity contribution in [3.8, 4) is 28.2 Å². The summed E-state index contributed by atoms with van der Waals surface area (Å²) in [5.74, 6) is 0.272. The van der Waals surface area contributed by atoms with E-state index in [1.807, 2.05) is 30.6 Å². The van der Waals surface area contributed by atoms with Crippen molar-refractivity contribution in [1.29, 1.82) is 0 Å². The number of alkyl halides is 3. The van der Waals surface area contributed by atoms with Gasteiger partial charge in [-0.25, -0.2) is 18.4 Å². The first-order chi connectivity index (χ1) is 20.7. The normalized spacial score (nSPS) is 15.7. The molecular weight excluding hydrogens is 604 g/mol. The van der Waals surface area contributed by atoms with Crippen LogP contribution >= 0.6 is 23.7 Å². The Labute approximate surface area is 256 Å². The van der Waals surface area contributed by atoms with Crippen LogP contribution in [0.5, 0.6) is 0 Å². The minimum atomic E-state index is -4.00. The summed E-state index contributed by atoms with van der Waals surface area (Å²) in [5.41, 5.74) is 3.86. The summed E-state index contributed by atoms with van der Waals surface area (Å²) in [6.07, 6.45) is 5.38. The van der Waals surface area contributed by atoms with Gasteiger partial charge in [0.2, 0.25) is 0 Å². The van der Waals surface area contributed by atoms with Gasteiger partial charge in [0.15, 0.2) is 11.6 Å². The van der Waals surface area contributed by atoms with Crippen LogP contribution in [0.1, 0.15) is 19.8 Å². The third-order valence-corrected chi connectivity index (χ3v) is 7.95. The maximum Gasteiger partial charge on any atom is 0.386 e. The minimum absolute atomic E-state index is 0.188. The summed E-state index contributed by atoms with van der Waals surface area (Å²) < 4.78 is 54.1. The molecule has 43 heavy (non-hydrogen) atoms. The third-order valence-electron chi connectivity index (χ3n) is 6.79. The molecule has 2 aliphatic rings. The first kappa shape index (κ1) is 31.0. The molecule has 6 rings (SSSR count). The lowest BCUT2D eigenvalue weighted by molar-refractivity contribution is -0.110. The maximum atomic E-state index is 15.9. The molecule has 2 N–H and O–H groups in total. The number of benzene rings is 1. The van der Waals surface area contributed by atoms with Crippen LogP contribution in [0, 0.1) is 5.82 Å². The van der Waals surface area contributed by atoms with E-state index in [1.54, 1.807) is 29.2 Å². The van der Waals surface area contributed by atoms with Crippen LogP contribution in [0.2, 0.25) is 5.02 Å². The smallest absolute Gasteiger partial charge is 0.368 e. The Morgan fingerprint density at radius 2 is 1.67 bits per heavy atom. The van der Waals surface area contributed by atoms with Gasteiger partial charge in [-0.05, 0) is 49.2 Å². The van der Waals surface area contributed by atoms with Crippen LogP contribution in [0.25, 0.3) is 28.2 Å². The topological polar surface area (TPSA) is 74.1 Å². The number of pyridine rings is 2. The zero-order valence-corrected chi connectivity index (χ0v) is 25.0. The first-order valence-electron chi connectivity index (χ1n) is 13.8. The van der Waals surface area contributed by atoms with Crippen molar-refractivity contribution >= 4 is 35.1 Å². The standard InChI is InChI=1S/C27H28ClFN8S.C2H3F3/c28-20-15-22(26(29)24(16-20)34-38-36-11-1-2-12-36)23-18-37(33-27(23)19-5-7-30-8-6-19)25-4-3-21(17-32-25)35-13-9-31-10-14-35;1-2(3,4)5/h3-8,15-18,31,34H,1-2,9-14H2;1H3. The van der Waals surface area contributed by atoms with E-state index in [1.165, 1.54) is 12.1 Å². The molecule has 0 spiro atoms. The minimum Gasteiger partial charge on any atom is -0.368 e. The second kappa shape index (κ2) is 13.9. The number of halogens is 5. The van der Waals surface area contributed by atoms with Crippen molar-refractivity contribution in [2.45, 2.75) is 25.9 Å². The average Bonchev–Trinajstić information content (AvgIpc) is 3.68. The molecule has 14 heteroatoms. The van der Waals surface area contributed by atoms with Crippen molar-refractivity contribution in [3.05, 3.63) is 72.0 Å². The van der Waals surface area contributed by atoms with Gasteiger partial charge < -0.3 is 14.9 Å². The van der Waals surface area contributed by atoms with Crippen molar-refractivity contribution in [1.82, 2.24) is 29.4 Å². The zero-order chi connectivity index (χ0) is 30.4. The van der Waals surface area contributed by atoms with Gasteiger partial charge in [0.1, 0.15) is 5.69 Å². The molecule has 0 saturated carbocycles. The molecule has 1 aromatic carbocycles. The van der Waals surface area contributed by atoms with E-state index in [9.17, 15) is 13.2 Å². The van der Waals surface area contributed by atoms with Crippen LogP contribution in [0.3, 0.4) is 0 Å². The quantitative estimate of drug-likeness (QED) is 0.169. The van der Waals surface area contributed by atoms with Crippen molar-refractivity contribution < 1.29 is 17.6 Å². The number of nitrogens with one attached hydrogen (secondary N) is 2. The van der Waals surface area contributed by atoms with E-state index < -0.39 is 6.18 Å². The largest absolute Gasteiger partial charge is 0.386 e. The summed E-state index contributed by atoms with van der Waals surface area (Å²) in [5, 5.41) is 8.65. The number of piperazine rings is 1. The highest BCUT2D eigenvalue weighted by atomic mass is 35.5. The van der Waals surface area contributed by atoms with E-state index in [0.29, 0.717) is 33.3 Å². The van der Waals surface area contributed by atoms with E-state index in [2.05, 4.69) is 35.3 Å².